The Morgan fingerprint density at radius 1 is 1.67 bits per heavy atom. The molecular weight excluding hydrogens is 279 g/mol. The predicted octanol–water partition coefficient (Wildman–Crippen LogP) is 3.48. The Morgan fingerprint density at radius 3 is 2.87 bits per heavy atom. The topological polar surface area (TPSA) is 42.0 Å². The molecule has 1 N–H and O–H groups in total. The molecule has 0 aliphatic carbocycles. The molecule has 1 aromatic rings. The molecule has 0 aliphatic rings. The lowest BCUT2D eigenvalue weighted by Gasteiger charge is -2.07. The van der Waals surface area contributed by atoms with E-state index in [0.29, 0.717) is 27.7 Å². The molecule has 15 heavy (non-hydrogen) atoms. The van der Waals surface area contributed by atoms with E-state index in [1.807, 2.05) is 13.8 Å². The summed E-state index contributed by atoms with van der Waals surface area (Å²) in [5, 5.41) is 3.14. The third kappa shape index (κ3) is 4.18. The van der Waals surface area contributed by atoms with Crippen LogP contribution in [0.3, 0.4) is 0 Å². The number of nitrogens with one attached hydrogen (secondary N) is 1. The Balaban J connectivity index is 2.65. The van der Waals surface area contributed by atoms with E-state index in [1.54, 1.807) is 6.07 Å². The van der Waals surface area contributed by atoms with Crippen LogP contribution in [0.2, 0.25) is 5.15 Å². The minimum atomic E-state index is -0.0129. The van der Waals surface area contributed by atoms with Crippen LogP contribution in [0.5, 0.6) is 0 Å². The minimum absolute atomic E-state index is 0.0129. The number of carbonyl (C=O) groups excluding carboxylic acids is 1. The fourth-order valence-corrected chi connectivity index (χ4v) is 1.52. The van der Waals surface area contributed by atoms with Gasteiger partial charge in [-0.15, -0.1) is 0 Å². The molecule has 0 unspecified atom stereocenters. The summed E-state index contributed by atoms with van der Waals surface area (Å²) in [6.07, 6.45) is 2.03. The van der Waals surface area contributed by atoms with Gasteiger partial charge in [-0.05, 0) is 27.9 Å². The number of nitrogens with zero attached hydrogens (tertiary/aromatic N) is 1. The number of halogens is 2. The maximum atomic E-state index is 11.4. The van der Waals surface area contributed by atoms with Gasteiger partial charge in [-0.2, -0.15) is 0 Å². The van der Waals surface area contributed by atoms with Crippen LogP contribution in [0.4, 0.5) is 5.69 Å². The number of rotatable bonds is 3. The van der Waals surface area contributed by atoms with Crippen LogP contribution in [0.1, 0.15) is 20.3 Å². The van der Waals surface area contributed by atoms with E-state index in [0.717, 1.165) is 0 Å². The molecule has 0 bridgehead atoms. The van der Waals surface area contributed by atoms with Crippen molar-refractivity contribution in [1.29, 1.82) is 0 Å². The van der Waals surface area contributed by atoms with E-state index in [2.05, 4.69) is 26.2 Å². The van der Waals surface area contributed by atoms with E-state index >= 15 is 0 Å². The molecule has 0 radical (unpaired) electrons. The van der Waals surface area contributed by atoms with E-state index in [4.69, 9.17) is 11.6 Å². The highest BCUT2D eigenvalue weighted by Crippen LogP contribution is 2.22. The van der Waals surface area contributed by atoms with Gasteiger partial charge in [0.05, 0.1) is 16.4 Å². The van der Waals surface area contributed by atoms with Crippen LogP contribution in [0.15, 0.2) is 16.7 Å². The molecule has 0 saturated carbocycles. The maximum absolute atomic E-state index is 11.4. The van der Waals surface area contributed by atoms with Crippen LogP contribution < -0.4 is 5.32 Å². The normalized spacial score (nSPS) is 10.5. The van der Waals surface area contributed by atoms with Crippen molar-refractivity contribution in [3.8, 4) is 0 Å². The Labute approximate surface area is 102 Å². The molecular formula is C10H12BrClN2O. The number of amides is 1. The quantitative estimate of drug-likeness (QED) is 0.866. The number of carbonyl (C=O) groups is 1. The summed E-state index contributed by atoms with van der Waals surface area (Å²) in [5.41, 5.74) is 0.650. The highest BCUT2D eigenvalue weighted by atomic mass is 79.9. The number of hydrogen-bond acceptors (Lipinski definition) is 2. The fourth-order valence-electron chi connectivity index (χ4n) is 1.07. The van der Waals surface area contributed by atoms with Gasteiger partial charge in [0.2, 0.25) is 5.91 Å². The largest absolute Gasteiger partial charge is 0.325 e. The summed E-state index contributed by atoms with van der Waals surface area (Å²) in [6, 6.07) is 1.73. The first-order valence-electron chi connectivity index (χ1n) is 4.60. The molecule has 0 spiro atoms. The van der Waals surface area contributed by atoms with E-state index in [1.165, 1.54) is 6.20 Å². The van der Waals surface area contributed by atoms with Crippen molar-refractivity contribution in [1.82, 2.24) is 4.98 Å². The maximum Gasteiger partial charge on any atom is 0.224 e. The van der Waals surface area contributed by atoms with Crippen molar-refractivity contribution >= 4 is 39.1 Å². The van der Waals surface area contributed by atoms with Crippen molar-refractivity contribution in [2.75, 3.05) is 5.32 Å². The van der Waals surface area contributed by atoms with Gasteiger partial charge in [-0.1, -0.05) is 25.4 Å². The fraction of sp³-hybridized carbons (Fsp3) is 0.400. The van der Waals surface area contributed by atoms with Crippen molar-refractivity contribution in [2.24, 2.45) is 5.92 Å². The highest BCUT2D eigenvalue weighted by molar-refractivity contribution is 9.10. The summed E-state index contributed by atoms with van der Waals surface area (Å²) in [7, 11) is 0. The highest BCUT2D eigenvalue weighted by Gasteiger charge is 2.06. The lowest BCUT2D eigenvalue weighted by molar-refractivity contribution is -0.116. The number of anilines is 1. The van der Waals surface area contributed by atoms with Gasteiger partial charge in [-0.3, -0.25) is 4.79 Å². The second-order valence-electron chi connectivity index (χ2n) is 3.64. The Hall–Kier alpha value is -0.610. The molecule has 0 saturated heterocycles. The predicted molar refractivity (Wildman–Crippen MR) is 65.0 cm³/mol. The molecule has 0 atom stereocenters. The molecule has 0 aliphatic heterocycles. The lowest BCUT2D eigenvalue weighted by Crippen LogP contribution is -2.13. The smallest absolute Gasteiger partial charge is 0.224 e. The Morgan fingerprint density at radius 2 is 2.33 bits per heavy atom. The van der Waals surface area contributed by atoms with Crippen LogP contribution in [-0.2, 0) is 4.79 Å². The van der Waals surface area contributed by atoms with Crippen LogP contribution in [-0.4, -0.2) is 10.9 Å². The van der Waals surface area contributed by atoms with Crippen molar-refractivity contribution < 1.29 is 4.79 Å². The first-order chi connectivity index (χ1) is 6.99. The summed E-state index contributed by atoms with van der Waals surface area (Å²) in [4.78, 5) is 15.3. The average Bonchev–Trinajstić information content (AvgIpc) is 2.10. The summed E-state index contributed by atoms with van der Waals surface area (Å²) in [6.45, 7) is 3.99. The monoisotopic (exact) mass is 290 g/mol. The molecule has 1 aromatic heterocycles. The van der Waals surface area contributed by atoms with Gasteiger partial charge in [0, 0.05) is 6.42 Å². The van der Waals surface area contributed by atoms with E-state index < -0.39 is 0 Å². The van der Waals surface area contributed by atoms with Crippen LogP contribution >= 0.6 is 27.5 Å². The van der Waals surface area contributed by atoms with Gasteiger partial charge in [0.25, 0.3) is 0 Å². The molecule has 1 rings (SSSR count). The molecule has 0 fully saturated rings. The van der Waals surface area contributed by atoms with Gasteiger partial charge in [0.1, 0.15) is 5.15 Å². The van der Waals surface area contributed by atoms with Gasteiger partial charge < -0.3 is 5.32 Å². The zero-order chi connectivity index (χ0) is 11.4. The van der Waals surface area contributed by atoms with Crippen LogP contribution in [0, 0.1) is 5.92 Å². The molecule has 82 valence electrons. The average molecular weight is 292 g/mol. The van der Waals surface area contributed by atoms with Crippen molar-refractivity contribution in [3.05, 3.63) is 21.9 Å². The van der Waals surface area contributed by atoms with E-state index in [-0.39, 0.29) is 5.91 Å². The number of aromatic nitrogens is 1. The summed E-state index contributed by atoms with van der Waals surface area (Å²) in [5.74, 6) is 0.328. The first-order valence-corrected chi connectivity index (χ1v) is 5.77. The number of pyridine rings is 1. The van der Waals surface area contributed by atoms with Gasteiger partial charge in [-0.25, -0.2) is 4.98 Å². The second-order valence-corrected chi connectivity index (χ2v) is 4.86. The van der Waals surface area contributed by atoms with Crippen molar-refractivity contribution in [3.63, 3.8) is 0 Å². The Kier molecular flexibility index (Phi) is 4.54. The third-order valence-corrected chi connectivity index (χ3v) is 2.81. The molecule has 1 heterocycles. The number of hydrogen-bond donors (Lipinski definition) is 1. The molecule has 3 nitrogen and oxygen atoms in total. The molecule has 1 amide bonds. The van der Waals surface area contributed by atoms with Gasteiger partial charge >= 0.3 is 0 Å². The molecule has 0 aromatic carbocycles. The Bertz CT molecular complexity index is 368. The van der Waals surface area contributed by atoms with Crippen molar-refractivity contribution in [2.45, 2.75) is 20.3 Å². The van der Waals surface area contributed by atoms with Crippen LogP contribution in [0.25, 0.3) is 0 Å². The third-order valence-electron chi connectivity index (χ3n) is 1.67. The summed E-state index contributed by atoms with van der Waals surface area (Å²) >= 11 is 8.97. The van der Waals surface area contributed by atoms with E-state index in [9.17, 15) is 4.79 Å². The summed E-state index contributed by atoms with van der Waals surface area (Å²) < 4.78 is 0.673. The lowest BCUT2D eigenvalue weighted by atomic mass is 10.1. The SMILES string of the molecule is CC(C)CC(=O)Nc1cnc(Cl)c(Br)c1. The second kappa shape index (κ2) is 5.47. The standard InChI is InChI=1S/C10H12BrClN2O/c1-6(2)3-9(15)14-7-4-8(11)10(12)13-5-7/h4-6H,3H2,1-2H3,(H,14,15). The first kappa shape index (κ1) is 12.5. The zero-order valence-corrected chi connectivity index (χ0v) is 10.9. The van der Waals surface area contributed by atoms with Gasteiger partial charge in [0.15, 0.2) is 0 Å². The zero-order valence-electron chi connectivity index (χ0n) is 8.55. The molecule has 5 heteroatoms. The minimum Gasteiger partial charge on any atom is -0.325 e.